The molecule has 0 aromatic carbocycles. The molecule has 4 heteroatoms. The van der Waals surface area contributed by atoms with E-state index < -0.39 is 0 Å². The van der Waals surface area contributed by atoms with E-state index in [1.54, 1.807) is 0 Å². The Balaban J connectivity index is 1.52. The Morgan fingerprint density at radius 1 is 1.05 bits per heavy atom. The second-order valence-corrected chi connectivity index (χ2v) is 7.39. The van der Waals surface area contributed by atoms with Crippen LogP contribution >= 0.6 is 0 Å². The molecule has 0 radical (unpaired) electrons. The third-order valence-electron chi connectivity index (χ3n) is 5.78. The molecular formula is C16H24N2O2. The zero-order chi connectivity index (χ0) is 13.6. The molecule has 1 heterocycles. The highest BCUT2D eigenvalue weighted by Gasteiger charge is 2.53. The fourth-order valence-corrected chi connectivity index (χ4v) is 5.34. The first kappa shape index (κ1) is 12.8. The van der Waals surface area contributed by atoms with Gasteiger partial charge in [-0.2, -0.15) is 4.98 Å². The Hall–Kier alpha value is -0.900. The van der Waals surface area contributed by atoms with Crippen molar-refractivity contribution in [2.24, 2.45) is 17.8 Å². The summed E-state index contributed by atoms with van der Waals surface area (Å²) < 4.78 is 5.46. The van der Waals surface area contributed by atoms with E-state index in [4.69, 9.17) is 14.6 Å². The first-order valence-corrected chi connectivity index (χ1v) is 8.21. The zero-order valence-electron chi connectivity index (χ0n) is 12.1. The van der Waals surface area contributed by atoms with E-state index >= 15 is 0 Å². The van der Waals surface area contributed by atoms with Crippen molar-refractivity contribution in [3.8, 4) is 0 Å². The van der Waals surface area contributed by atoms with Gasteiger partial charge in [-0.3, -0.25) is 0 Å². The Morgan fingerprint density at radius 2 is 1.70 bits per heavy atom. The van der Waals surface area contributed by atoms with Gasteiger partial charge in [0.2, 0.25) is 5.89 Å². The van der Waals surface area contributed by atoms with Crippen LogP contribution in [0.3, 0.4) is 0 Å². The average molecular weight is 276 g/mol. The molecule has 110 valence electrons. The summed E-state index contributed by atoms with van der Waals surface area (Å²) in [5, 5.41) is 13.2. The maximum atomic E-state index is 8.84. The summed E-state index contributed by atoms with van der Waals surface area (Å²) in [6.07, 6.45) is 10.7. The lowest BCUT2D eigenvalue weighted by atomic mass is 9.49. The first-order chi connectivity index (χ1) is 9.77. The normalized spacial score (nSPS) is 38.5. The molecule has 0 atom stereocenters. The molecule has 4 aliphatic rings. The molecule has 0 aliphatic heterocycles. The van der Waals surface area contributed by atoms with E-state index in [0.717, 1.165) is 48.7 Å². The minimum Gasteiger partial charge on any atom is -0.396 e. The van der Waals surface area contributed by atoms with Crippen molar-refractivity contribution < 1.29 is 9.63 Å². The van der Waals surface area contributed by atoms with Crippen molar-refractivity contribution in [3.05, 3.63) is 11.7 Å². The maximum absolute atomic E-state index is 8.84. The highest BCUT2D eigenvalue weighted by atomic mass is 16.5. The van der Waals surface area contributed by atoms with Gasteiger partial charge in [-0.25, -0.2) is 0 Å². The number of hydrogen-bond acceptors (Lipinski definition) is 4. The standard InChI is InChI=1S/C16H24N2O2/c19-4-2-1-3-14-17-15(18-20-14)16-8-11-5-12(9-16)7-13(6-11)10-16/h11-13,19H,1-10H2. The topological polar surface area (TPSA) is 59.2 Å². The third-order valence-corrected chi connectivity index (χ3v) is 5.78. The number of aliphatic hydroxyl groups is 1. The van der Waals surface area contributed by atoms with Crippen LogP contribution in [0.5, 0.6) is 0 Å². The molecule has 1 aromatic rings. The second-order valence-electron chi connectivity index (χ2n) is 7.39. The van der Waals surface area contributed by atoms with Gasteiger partial charge in [0.15, 0.2) is 5.82 Å². The van der Waals surface area contributed by atoms with Crippen molar-refractivity contribution in [3.63, 3.8) is 0 Å². The van der Waals surface area contributed by atoms with Gasteiger partial charge in [-0.15, -0.1) is 0 Å². The summed E-state index contributed by atoms with van der Waals surface area (Å²) in [5.74, 6) is 4.51. The molecule has 4 nitrogen and oxygen atoms in total. The lowest BCUT2D eigenvalue weighted by molar-refractivity contribution is -0.0103. The lowest BCUT2D eigenvalue weighted by Gasteiger charge is -2.55. The molecule has 4 bridgehead atoms. The maximum Gasteiger partial charge on any atom is 0.226 e. The quantitative estimate of drug-likeness (QED) is 0.840. The number of nitrogens with zero attached hydrogens (tertiary/aromatic N) is 2. The molecule has 4 fully saturated rings. The second kappa shape index (κ2) is 4.83. The van der Waals surface area contributed by atoms with Gasteiger partial charge in [-0.05, 0) is 69.1 Å². The van der Waals surface area contributed by atoms with Gasteiger partial charge in [0.25, 0.3) is 0 Å². The van der Waals surface area contributed by atoms with E-state index in [1.807, 2.05) is 0 Å². The summed E-state index contributed by atoms with van der Waals surface area (Å²) in [5.41, 5.74) is 0.244. The van der Waals surface area contributed by atoms with Crippen LogP contribution in [0.25, 0.3) is 0 Å². The van der Waals surface area contributed by atoms with Crippen LogP contribution in [-0.4, -0.2) is 21.9 Å². The van der Waals surface area contributed by atoms with Gasteiger partial charge in [0.05, 0.1) is 0 Å². The van der Waals surface area contributed by atoms with Crippen LogP contribution in [0.2, 0.25) is 0 Å². The third kappa shape index (κ3) is 2.09. The Labute approximate surface area is 120 Å². The van der Waals surface area contributed by atoms with Crippen molar-refractivity contribution in [1.29, 1.82) is 0 Å². The molecule has 4 saturated carbocycles. The van der Waals surface area contributed by atoms with Crippen LogP contribution in [-0.2, 0) is 11.8 Å². The van der Waals surface area contributed by atoms with Crippen LogP contribution < -0.4 is 0 Å². The summed E-state index contributed by atoms with van der Waals surface area (Å²) >= 11 is 0. The molecule has 4 aliphatic carbocycles. The highest BCUT2D eigenvalue weighted by Crippen LogP contribution is 2.60. The SMILES string of the molecule is OCCCCc1nc(C23CC4CC(CC(C4)C2)C3)no1. The minimum atomic E-state index is 0.244. The predicted octanol–water partition coefficient (Wildman–Crippen LogP) is 2.85. The number of aliphatic hydroxyl groups excluding tert-OH is 1. The number of unbranched alkanes of at least 4 members (excludes halogenated alkanes) is 1. The number of aromatic nitrogens is 2. The average Bonchev–Trinajstić information content (AvgIpc) is 2.87. The monoisotopic (exact) mass is 276 g/mol. The van der Waals surface area contributed by atoms with E-state index in [2.05, 4.69) is 5.16 Å². The fraction of sp³-hybridized carbons (Fsp3) is 0.875. The van der Waals surface area contributed by atoms with Gasteiger partial charge >= 0.3 is 0 Å². The summed E-state index contributed by atoms with van der Waals surface area (Å²) in [7, 11) is 0. The van der Waals surface area contributed by atoms with E-state index in [1.165, 1.54) is 38.5 Å². The Morgan fingerprint density at radius 3 is 2.30 bits per heavy atom. The molecule has 0 unspecified atom stereocenters. The van der Waals surface area contributed by atoms with Crippen LogP contribution in [0.1, 0.15) is 63.1 Å². The van der Waals surface area contributed by atoms with E-state index in [-0.39, 0.29) is 12.0 Å². The molecule has 0 spiro atoms. The summed E-state index contributed by atoms with van der Waals surface area (Å²) in [6, 6.07) is 0. The molecule has 20 heavy (non-hydrogen) atoms. The minimum absolute atomic E-state index is 0.244. The molecular weight excluding hydrogens is 252 g/mol. The lowest BCUT2D eigenvalue weighted by Crippen LogP contribution is -2.49. The van der Waals surface area contributed by atoms with Crippen molar-refractivity contribution in [1.82, 2.24) is 10.1 Å². The molecule has 1 aromatic heterocycles. The molecule has 1 N–H and O–H groups in total. The largest absolute Gasteiger partial charge is 0.396 e. The summed E-state index contributed by atoms with van der Waals surface area (Å²) in [6.45, 7) is 0.246. The Kier molecular flexibility index (Phi) is 3.09. The van der Waals surface area contributed by atoms with Gasteiger partial charge < -0.3 is 9.63 Å². The van der Waals surface area contributed by atoms with Gasteiger partial charge in [0.1, 0.15) is 0 Å². The van der Waals surface area contributed by atoms with Crippen molar-refractivity contribution in [2.75, 3.05) is 6.61 Å². The van der Waals surface area contributed by atoms with Crippen molar-refractivity contribution >= 4 is 0 Å². The van der Waals surface area contributed by atoms with Crippen molar-refractivity contribution in [2.45, 2.75) is 63.2 Å². The Bertz CT molecular complexity index is 447. The zero-order valence-corrected chi connectivity index (χ0v) is 12.1. The molecule has 5 rings (SSSR count). The number of aryl methyl sites for hydroxylation is 1. The van der Waals surface area contributed by atoms with Crippen LogP contribution in [0.4, 0.5) is 0 Å². The highest BCUT2D eigenvalue weighted by molar-refractivity contribution is 5.16. The van der Waals surface area contributed by atoms with Gasteiger partial charge in [-0.1, -0.05) is 5.16 Å². The fourth-order valence-electron chi connectivity index (χ4n) is 5.34. The van der Waals surface area contributed by atoms with Crippen LogP contribution in [0.15, 0.2) is 4.52 Å². The number of rotatable bonds is 5. The van der Waals surface area contributed by atoms with Gasteiger partial charge in [0, 0.05) is 18.4 Å². The smallest absolute Gasteiger partial charge is 0.226 e. The molecule has 0 saturated heterocycles. The molecule has 0 amide bonds. The van der Waals surface area contributed by atoms with Crippen LogP contribution in [0, 0.1) is 17.8 Å². The summed E-state index contributed by atoms with van der Waals surface area (Å²) in [4.78, 5) is 4.71. The first-order valence-electron chi connectivity index (χ1n) is 8.21. The predicted molar refractivity (Wildman–Crippen MR) is 74.2 cm³/mol. The number of hydrogen-bond donors (Lipinski definition) is 1. The van der Waals surface area contributed by atoms with E-state index in [9.17, 15) is 0 Å². The van der Waals surface area contributed by atoms with E-state index in [0.29, 0.717) is 0 Å².